The van der Waals surface area contributed by atoms with Crippen molar-refractivity contribution in [3.8, 4) is 0 Å². The Bertz CT molecular complexity index is 656. The van der Waals surface area contributed by atoms with E-state index in [-0.39, 0.29) is 6.04 Å². The Morgan fingerprint density at radius 3 is 1.96 bits per heavy atom. The Morgan fingerprint density at radius 1 is 0.957 bits per heavy atom. The first-order chi connectivity index (χ1) is 11.0. The van der Waals surface area contributed by atoms with E-state index in [1.165, 1.54) is 12.7 Å². The van der Waals surface area contributed by atoms with E-state index in [0.29, 0.717) is 6.42 Å². The van der Waals surface area contributed by atoms with Crippen molar-refractivity contribution >= 4 is 56.8 Å². The summed E-state index contributed by atoms with van der Waals surface area (Å²) in [7, 11) is 0. The quantitative estimate of drug-likeness (QED) is 0.156. The first-order valence-electron chi connectivity index (χ1n) is 7.61. The van der Waals surface area contributed by atoms with Crippen LogP contribution in [-0.2, 0) is 5.00 Å². The van der Waals surface area contributed by atoms with E-state index < -0.39 is 5.00 Å². The summed E-state index contributed by atoms with van der Waals surface area (Å²) in [6.45, 7) is 4.16. The maximum absolute atomic E-state index is 6.75. The van der Waals surface area contributed by atoms with E-state index in [4.69, 9.17) is 11.6 Å². The zero-order valence-electron chi connectivity index (χ0n) is 13.1. The maximum atomic E-state index is 6.75. The molecule has 0 N–H and O–H groups in total. The summed E-state index contributed by atoms with van der Waals surface area (Å²) in [4.78, 5) is -0.791. The van der Waals surface area contributed by atoms with Crippen molar-refractivity contribution in [3.63, 3.8) is 0 Å². The van der Waals surface area contributed by atoms with Crippen LogP contribution in [0.2, 0.25) is 0 Å². The van der Waals surface area contributed by atoms with Gasteiger partial charge in [-0.2, -0.15) is 10.2 Å². The van der Waals surface area contributed by atoms with E-state index in [1.54, 1.807) is 0 Å². The molecule has 2 aromatic rings. The van der Waals surface area contributed by atoms with Crippen LogP contribution in [0.25, 0.3) is 0 Å². The lowest BCUT2D eigenvalue weighted by molar-refractivity contribution is 0.533. The van der Waals surface area contributed by atoms with Crippen LogP contribution in [-0.4, -0.2) is 0 Å². The van der Waals surface area contributed by atoms with Gasteiger partial charge in [-0.05, 0) is 93.4 Å². The van der Waals surface area contributed by atoms with E-state index in [0.717, 1.165) is 12.0 Å². The minimum absolute atomic E-state index is 0.0422. The van der Waals surface area contributed by atoms with Gasteiger partial charge in [-0.3, -0.25) is 0 Å². The molecule has 0 spiro atoms. The summed E-state index contributed by atoms with van der Waals surface area (Å²) < 4.78 is 2.40. The van der Waals surface area contributed by atoms with Crippen molar-refractivity contribution in [2.75, 3.05) is 0 Å². The van der Waals surface area contributed by atoms with Crippen LogP contribution in [0.15, 0.2) is 58.8 Å². The van der Waals surface area contributed by atoms with Crippen molar-refractivity contribution in [2.24, 2.45) is 10.2 Å². The zero-order valence-corrected chi connectivity index (χ0v) is 18.2. The molecule has 2 aromatic carbocycles. The van der Waals surface area contributed by atoms with Crippen molar-refractivity contribution < 1.29 is 0 Å². The Morgan fingerprint density at radius 2 is 1.48 bits per heavy atom. The van der Waals surface area contributed by atoms with Crippen LogP contribution in [0, 0.1) is 7.14 Å². The van der Waals surface area contributed by atoms with E-state index >= 15 is 0 Å². The van der Waals surface area contributed by atoms with Gasteiger partial charge in [0.25, 0.3) is 0 Å². The van der Waals surface area contributed by atoms with Crippen LogP contribution in [0.3, 0.4) is 0 Å². The third kappa shape index (κ3) is 5.13. The van der Waals surface area contributed by atoms with Gasteiger partial charge in [0.1, 0.15) is 0 Å². The number of azo groups is 1. The summed E-state index contributed by atoms with van der Waals surface area (Å²) in [6.07, 6.45) is 1.59. The van der Waals surface area contributed by atoms with Gasteiger partial charge in [0.15, 0.2) is 5.00 Å². The minimum atomic E-state index is -0.791. The van der Waals surface area contributed by atoms with Gasteiger partial charge in [-0.25, -0.2) is 0 Å². The molecule has 0 aliphatic rings. The van der Waals surface area contributed by atoms with Crippen molar-refractivity contribution in [1.82, 2.24) is 0 Å². The first-order valence-corrected chi connectivity index (χ1v) is 10.1. The molecular weight excluding hydrogens is 533 g/mol. The minimum Gasteiger partial charge on any atom is -0.184 e. The Balaban J connectivity index is 2.26. The highest BCUT2D eigenvalue weighted by Gasteiger charge is 2.27. The fourth-order valence-electron chi connectivity index (χ4n) is 2.27. The molecule has 0 aliphatic heterocycles. The molecule has 0 saturated heterocycles. The van der Waals surface area contributed by atoms with E-state index in [1.807, 2.05) is 19.1 Å². The normalized spacial score (nSPS) is 15.5. The van der Waals surface area contributed by atoms with Gasteiger partial charge < -0.3 is 0 Å². The molecule has 5 heteroatoms. The molecule has 122 valence electrons. The third-order valence-electron chi connectivity index (χ3n) is 3.75. The molecule has 0 amide bonds. The number of benzene rings is 2. The van der Waals surface area contributed by atoms with Gasteiger partial charge in [0.05, 0.1) is 6.04 Å². The second kappa shape index (κ2) is 8.76. The van der Waals surface area contributed by atoms with Gasteiger partial charge in [-0.15, -0.1) is 0 Å². The molecule has 2 atom stereocenters. The number of nitrogens with zero attached hydrogens (tertiary/aromatic N) is 2. The van der Waals surface area contributed by atoms with Gasteiger partial charge >= 0.3 is 0 Å². The molecule has 0 saturated carbocycles. The summed E-state index contributed by atoms with van der Waals surface area (Å²) in [5.74, 6) is 0. The largest absolute Gasteiger partial charge is 0.184 e. The number of rotatable bonds is 6. The molecule has 0 aromatic heterocycles. The molecule has 0 radical (unpaired) electrons. The predicted octanol–water partition coefficient (Wildman–Crippen LogP) is 7.30. The fraction of sp³-hybridized carbons (Fsp3) is 0.333. The Labute approximate surface area is 170 Å². The first kappa shape index (κ1) is 19.1. The molecule has 2 rings (SSSR count). The molecule has 23 heavy (non-hydrogen) atoms. The van der Waals surface area contributed by atoms with Gasteiger partial charge in [0, 0.05) is 7.14 Å². The SMILES string of the molecule is CCC(/N=N/C(Cl)(CC)c1ccc(I)cc1)c1ccc(I)cc1. The zero-order chi connectivity index (χ0) is 16.9. The van der Waals surface area contributed by atoms with Crippen LogP contribution in [0.4, 0.5) is 0 Å². The maximum Gasteiger partial charge on any atom is 0.179 e. The van der Waals surface area contributed by atoms with Crippen LogP contribution in [0.5, 0.6) is 0 Å². The Kier molecular flexibility index (Phi) is 7.28. The number of alkyl halides is 1. The van der Waals surface area contributed by atoms with Crippen LogP contribution in [0.1, 0.15) is 43.9 Å². The lowest BCUT2D eigenvalue weighted by Crippen LogP contribution is -2.14. The lowest BCUT2D eigenvalue weighted by Gasteiger charge is -2.21. The summed E-state index contributed by atoms with van der Waals surface area (Å²) in [5.41, 5.74) is 2.16. The number of hydrogen-bond acceptors (Lipinski definition) is 2. The lowest BCUT2D eigenvalue weighted by atomic mass is 10.0. The Hall–Kier alpha value is -0.210. The number of hydrogen-bond donors (Lipinski definition) is 0. The third-order valence-corrected chi connectivity index (χ3v) is 5.75. The second-order valence-electron chi connectivity index (χ2n) is 5.31. The molecule has 2 nitrogen and oxygen atoms in total. The van der Waals surface area contributed by atoms with Crippen molar-refractivity contribution in [2.45, 2.75) is 37.7 Å². The summed E-state index contributed by atoms with van der Waals surface area (Å²) in [6, 6.07) is 16.6. The van der Waals surface area contributed by atoms with E-state index in [9.17, 15) is 0 Å². The van der Waals surface area contributed by atoms with Crippen molar-refractivity contribution in [3.05, 3.63) is 66.8 Å². The summed E-state index contributed by atoms with van der Waals surface area (Å²) in [5, 5.41) is 9.10. The molecule has 0 aliphatic carbocycles. The summed E-state index contributed by atoms with van der Waals surface area (Å²) >= 11 is 11.3. The average Bonchev–Trinajstić information content (AvgIpc) is 2.57. The fourth-order valence-corrected chi connectivity index (χ4v) is 3.16. The monoisotopic (exact) mass is 552 g/mol. The molecule has 2 unspecified atom stereocenters. The average molecular weight is 553 g/mol. The van der Waals surface area contributed by atoms with Gasteiger partial charge in [0.2, 0.25) is 0 Å². The highest BCUT2D eigenvalue weighted by molar-refractivity contribution is 14.1. The second-order valence-corrected chi connectivity index (χ2v) is 8.43. The standard InChI is InChI=1S/C18H19ClI2N2/c1-3-17(13-5-9-15(20)10-6-13)22-23-18(19,4-2)14-7-11-16(21)12-8-14/h5-12,17H,3-4H2,1-2H3/b23-22+. The molecule has 0 bridgehead atoms. The van der Waals surface area contributed by atoms with Crippen LogP contribution < -0.4 is 0 Å². The molecule has 0 heterocycles. The smallest absolute Gasteiger partial charge is 0.179 e. The van der Waals surface area contributed by atoms with Crippen molar-refractivity contribution in [1.29, 1.82) is 0 Å². The predicted molar refractivity (Wildman–Crippen MR) is 114 cm³/mol. The van der Waals surface area contributed by atoms with E-state index in [2.05, 4.69) is 98.7 Å². The molecular formula is C18H19ClI2N2. The topological polar surface area (TPSA) is 24.7 Å². The van der Waals surface area contributed by atoms with Gasteiger partial charge in [-0.1, -0.05) is 49.7 Å². The van der Waals surface area contributed by atoms with Crippen LogP contribution >= 0.6 is 56.8 Å². The highest BCUT2D eigenvalue weighted by atomic mass is 127. The highest BCUT2D eigenvalue weighted by Crippen LogP contribution is 2.36. The molecule has 0 fully saturated rings. The number of halogens is 3.